The standard InChI is InChI=1S/C20H25ClN2O4S/c1-14-7-5-8-18(15(14)2)23(28(4,25)26)12-6-9-20(24)22-17-13-16(21)10-11-19(17)27-3/h5,7-8,10-11,13H,6,9,12H2,1-4H3,(H,22,24). The largest absolute Gasteiger partial charge is 0.495 e. The number of hydrogen-bond acceptors (Lipinski definition) is 4. The number of anilines is 2. The minimum absolute atomic E-state index is 0.159. The molecule has 2 aromatic rings. The van der Waals surface area contributed by atoms with Crippen LogP contribution in [0.4, 0.5) is 11.4 Å². The van der Waals surface area contributed by atoms with Gasteiger partial charge in [-0.05, 0) is 55.7 Å². The van der Waals surface area contributed by atoms with Crippen LogP contribution in [0.2, 0.25) is 5.02 Å². The summed E-state index contributed by atoms with van der Waals surface area (Å²) in [6.45, 7) is 4.04. The summed E-state index contributed by atoms with van der Waals surface area (Å²) in [5.41, 5.74) is 3.03. The molecular weight excluding hydrogens is 400 g/mol. The lowest BCUT2D eigenvalue weighted by Crippen LogP contribution is -2.32. The number of carbonyl (C=O) groups is 1. The molecule has 8 heteroatoms. The zero-order valence-corrected chi connectivity index (χ0v) is 18.0. The number of sulfonamides is 1. The molecule has 0 radical (unpaired) electrons. The number of aryl methyl sites for hydroxylation is 1. The van der Waals surface area contributed by atoms with E-state index in [2.05, 4.69) is 5.32 Å². The first-order chi connectivity index (χ1) is 13.1. The average molecular weight is 425 g/mol. The van der Waals surface area contributed by atoms with Gasteiger partial charge in [0.1, 0.15) is 5.75 Å². The first kappa shape index (κ1) is 22.0. The van der Waals surface area contributed by atoms with Gasteiger partial charge in [0.2, 0.25) is 15.9 Å². The molecule has 0 aromatic heterocycles. The van der Waals surface area contributed by atoms with E-state index in [9.17, 15) is 13.2 Å². The number of ether oxygens (including phenoxy) is 1. The molecular formula is C20H25ClN2O4S. The van der Waals surface area contributed by atoms with E-state index >= 15 is 0 Å². The van der Waals surface area contributed by atoms with Gasteiger partial charge >= 0.3 is 0 Å². The van der Waals surface area contributed by atoms with E-state index in [4.69, 9.17) is 16.3 Å². The van der Waals surface area contributed by atoms with E-state index in [1.54, 1.807) is 24.3 Å². The average Bonchev–Trinajstić information content (AvgIpc) is 2.61. The summed E-state index contributed by atoms with van der Waals surface area (Å²) in [5, 5.41) is 3.24. The second-order valence-electron chi connectivity index (χ2n) is 6.55. The fourth-order valence-electron chi connectivity index (χ4n) is 2.84. The van der Waals surface area contributed by atoms with Crippen molar-refractivity contribution >= 4 is 38.9 Å². The highest BCUT2D eigenvalue weighted by Gasteiger charge is 2.20. The van der Waals surface area contributed by atoms with Crippen LogP contribution in [0, 0.1) is 13.8 Å². The molecule has 28 heavy (non-hydrogen) atoms. The minimum atomic E-state index is -3.47. The molecule has 0 aliphatic carbocycles. The molecule has 0 aliphatic heterocycles. The Kier molecular flexibility index (Phi) is 7.32. The second-order valence-corrected chi connectivity index (χ2v) is 8.89. The van der Waals surface area contributed by atoms with Crippen molar-refractivity contribution in [1.82, 2.24) is 0 Å². The van der Waals surface area contributed by atoms with E-state index < -0.39 is 10.0 Å². The number of halogens is 1. The number of rotatable bonds is 8. The van der Waals surface area contributed by atoms with Gasteiger partial charge in [-0.2, -0.15) is 0 Å². The van der Waals surface area contributed by atoms with E-state index in [0.717, 1.165) is 11.1 Å². The van der Waals surface area contributed by atoms with Crippen LogP contribution in [0.25, 0.3) is 0 Å². The number of nitrogens with one attached hydrogen (secondary N) is 1. The highest BCUT2D eigenvalue weighted by atomic mass is 35.5. The van der Waals surface area contributed by atoms with Gasteiger partial charge in [0.15, 0.2) is 0 Å². The van der Waals surface area contributed by atoms with Gasteiger partial charge in [0.25, 0.3) is 0 Å². The Morgan fingerprint density at radius 2 is 1.93 bits per heavy atom. The van der Waals surface area contributed by atoms with Crippen LogP contribution in [-0.4, -0.2) is 34.2 Å². The third-order valence-corrected chi connectivity index (χ3v) is 5.86. The zero-order valence-electron chi connectivity index (χ0n) is 16.5. The lowest BCUT2D eigenvalue weighted by molar-refractivity contribution is -0.116. The van der Waals surface area contributed by atoms with Gasteiger partial charge in [-0.1, -0.05) is 23.7 Å². The van der Waals surface area contributed by atoms with Crippen molar-refractivity contribution in [3.63, 3.8) is 0 Å². The van der Waals surface area contributed by atoms with E-state index in [-0.39, 0.29) is 18.9 Å². The molecule has 0 spiro atoms. The Morgan fingerprint density at radius 3 is 2.57 bits per heavy atom. The van der Waals surface area contributed by atoms with Crippen molar-refractivity contribution in [2.24, 2.45) is 0 Å². The maximum Gasteiger partial charge on any atom is 0.232 e. The zero-order chi connectivity index (χ0) is 20.9. The highest BCUT2D eigenvalue weighted by Crippen LogP contribution is 2.28. The van der Waals surface area contributed by atoms with Crippen molar-refractivity contribution in [2.75, 3.05) is 29.5 Å². The molecule has 152 valence electrons. The molecule has 0 bridgehead atoms. The van der Waals surface area contributed by atoms with Crippen LogP contribution in [0.3, 0.4) is 0 Å². The van der Waals surface area contributed by atoms with Crippen LogP contribution in [-0.2, 0) is 14.8 Å². The number of carbonyl (C=O) groups excluding carboxylic acids is 1. The Balaban J connectivity index is 2.06. The lowest BCUT2D eigenvalue weighted by atomic mass is 10.1. The molecule has 0 saturated carbocycles. The highest BCUT2D eigenvalue weighted by molar-refractivity contribution is 7.92. The topological polar surface area (TPSA) is 75.7 Å². The molecule has 0 aliphatic rings. The van der Waals surface area contributed by atoms with Crippen molar-refractivity contribution in [2.45, 2.75) is 26.7 Å². The molecule has 0 atom stereocenters. The summed E-state index contributed by atoms with van der Waals surface area (Å²) >= 11 is 5.97. The molecule has 1 N–H and O–H groups in total. The third kappa shape index (κ3) is 5.62. The first-order valence-electron chi connectivity index (χ1n) is 8.81. The van der Waals surface area contributed by atoms with Crippen molar-refractivity contribution in [3.8, 4) is 5.75 Å². The Bertz CT molecular complexity index is 961. The second kappa shape index (κ2) is 9.30. The monoisotopic (exact) mass is 424 g/mol. The maximum absolute atomic E-state index is 12.3. The molecule has 2 rings (SSSR count). The van der Waals surface area contributed by atoms with Gasteiger partial charge in [0, 0.05) is 18.0 Å². The molecule has 0 saturated heterocycles. The summed E-state index contributed by atoms with van der Waals surface area (Å²) in [4.78, 5) is 12.3. The summed E-state index contributed by atoms with van der Waals surface area (Å²) in [6.07, 6.45) is 1.70. The van der Waals surface area contributed by atoms with Crippen molar-refractivity contribution in [3.05, 3.63) is 52.5 Å². The van der Waals surface area contributed by atoms with Crippen LogP contribution in [0.15, 0.2) is 36.4 Å². The summed E-state index contributed by atoms with van der Waals surface area (Å²) in [6, 6.07) is 10.5. The quantitative estimate of drug-likeness (QED) is 0.690. The van der Waals surface area contributed by atoms with E-state index in [1.165, 1.54) is 17.7 Å². The predicted octanol–water partition coefficient (Wildman–Crippen LogP) is 4.15. The first-order valence-corrected chi connectivity index (χ1v) is 11.0. The lowest BCUT2D eigenvalue weighted by Gasteiger charge is -2.25. The predicted molar refractivity (Wildman–Crippen MR) is 114 cm³/mol. The van der Waals surface area contributed by atoms with Crippen molar-refractivity contribution < 1.29 is 17.9 Å². The Morgan fingerprint density at radius 1 is 1.21 bits per heavy atom. The summed E-state index contributed by atoms with van der Waals surface area (Å²) in [5.74, 6) is 0.265. The van der Waals surface area contributed by atoms with Gasteiger partial charge in [-0.15, -0.1) is 0 Å². The van der Waals surface area contributed by atoms with Gasteiger partial charge in [-0.25, -0.2) is 8.42 Å². The molecule has 0 fully saturated rings. The van der Waals surface area contributed by atoms with Crippen LogP contribution in [0.5, 0.6) is 5.75 Å². The number of hydrogen-bond donors (Lipinski definition) is 1. The Labute approximate surface area is 171 Å². The van der Waals surface area contributed by atoms with Crippen molar-refractivity contribution in [1.29, 1.82) is 0 Å². The number of benzene rings is 2. The minimum Gasteiger partial charge on any atom is -0.495 e. The van der Waals surface area contributed by atoms with E-state index in [0.29, 0.717) is 28.6 Å². The van der Waals surface area contributed by atoms with Crippen LogP contribution in [0.1, 0.15) is 24.0 Å². The number of amides is 1. The molecule has 0 unspecified atom stereocenters. The van der Waals surface area contributed by atoms with Gasteiger partial charge in [0.05, 0.1) is 24.7 Å². The Hall–Kier alpha value is -2.25. The summed E-state index contributed by atoms with van der Waals surface area (Å²) in [7, 11) is -1.96. The van der Waals surface area contributed by atoms with Crippen LogP contribution < -0.4 is 14.4 Å². The normalized spacial score (nSPS) is 11.2. The summed E-state index contributed by atoms with van der Waals surface area (Å²) < 4.78 is 31.1. The van der Waals surface area contributed by atoms with Crippen LogP contribution >= 0.6 is 11.6 Å². The maximum atomic E-state index is 12.3. The molecule has 2 aromatic carbocycles. The smallest absolute Gasteiger partial charge is 0.232 e. The molecule has 0 heterocycles. The van der Waals surface area contributed by atoms with Gasteiger partial charge in [-0.3, -0.25) is 9.10 Å². The molecule has 1 amide bonds. The third-order valence-electron chi connectivity index (χ3n) is 4.45. The van der Waals surface area contributed by atoms with Gasteiger partial charge < -0.3 is 10.1 Å². The molecule has 6 nitrogen and oxygen atoms in total. The number of methoxy groups -OCH3 is 1. The fraction of sp³-hybridized carbons (Fsp3) is 0.350. The number of nitrogens with zero attached hydrogens (tertiary/aromatic N) is 1. The fourth-order valence-corrected chi connectivity index (χ4v) is 4.03. The van der Waals surface area contributed by atoms with E-state index in [1.807, 2.05) is 26.0 Å². The SMILES string of the molecule is COc1ccc(Cl)cc1NC(=O)CCCN(c1cccc(C)c1C)S(C)(=O)=O.